The molecule has 0 spiro atoms. The van der Waals surface area contributed by atoms with E-state index in [4.69, 9.17) is 4.74 Å². The maximum Gasteiger partial charge on any atom is 0.407 e. The van der Waals surface area contributed by atoms with E-state index < -0.39 is 30.1 Å². The zero-order valence-corrected chi connectivity index (χ0v) is 20.4. The number of carbonyl (C=O) groups is 3. The zero-order chi connectivity index (χ0) is 24.9. The van der Waals surface area contributed by atoms with E-state index in [2.05, 4.69) is 22.8 Å². The van der Waals surface area contributed by atoms with Crippen LogP contribution in [0.2, 0.25) is 0 Å². The molecule has 1 aliphatic carbocycles. The van der Waals surface area contributed by atoms with Crippen LogP contribution in [-0.2, 0) is 14.3 Å². The molecule has 0 saturated carbocycles. The number of carboxylic acids is 1. The lowest BCUT2D eigenvalue weighted by Gasteiger charge is -2.25. The summed E-state index contributed by atoms with van der Waals surface area (Å²) in [6.07, 6.45) is -0.103. The number of aliphatic carboxylic acids is 1. The molecule has 7 nitrogen and oxygen atoms in total. The molecular weight excluding hydrogens is 464 g/mol. The average Bonchev–Trinajstić information content (AvgIpc) is 3.50. The molecule has 2 amide bonds. The Bertz CT molecular complexity index is 1160. The highest BCUT2D eigenvalue weighted by Gasteiger charge is 2.33. The number of rotatable bonds is 9. The van der Waals surface area contributed by atoms with Crippen molar-refractivity contribution in [1.29, 1.82) is 0 Å². The van der Waals surface area contributed by atoms with Crippen molar-refractivity contribution in [3.8, 4) is 11.1 Å². The number of fused-ring (bicyclic) bond motifs is 3. The van der Waals surface area contributed by atoms with Gasteiger partial charge in [-0.15, -0.1) is 11.3 Å². The molecule has 3 N–H and O–H groups in total. The number of benzene rings is 2. The highest BCUT2D eigenvalue weighted by atomic mass is 32.1. The fraction of sp³-hybridized carbons (Fsp3) is 0.296. The Balaban J connectivity index is 1.44. The topological polar surface area (TPSA) is 105 Å². The van der Waals surface area contributed by atoms with Crippen molar-refractivity contribution in [2.45, 2.75) is 38.3 Å². The molecule has 0 bridgehead atoms. The number of carbonyl (C=O) groups excluding carboxylic acids is 2. The Hall–Kier alpha value is -3.65. The van der Waals surface area contributed by atoms with Gasteiger partial charge in [-0.1, -0.05) is 74.9 Å². The van der Waals surface area contributed by atoms with Crippen molar-refractivity contribution in [3.05, 3.63) is 82.0 Å². The third-order valence-corrected chi connectivity index (χ3v) is 7.41. The second-order valence-corrected chi connectivity index (χ2v) is 9.61. The minimum absolute atomic E-state index is 0.0979. The van der Waals surface area contributed by atoms with E-state index in [0.29, 0.717) is 11.3 Å². The summed E-state index contributed by atoms with van der Waals surface area (Å²) in [5.41, 5.74) is 4.44. The summed E-state index contributed by atoms with van der Waals surface area (Å²) in [4.78, 5) is 38.1. The van der Waals surface area contributed by atoms with Gasteiger partial charge in [0, 0.05) is 10.8 Å². The van der Waals surface area contributed by atoms with Crippen molar-refractivity contribution in [2.24, 2.45) is 5.92 Å². The largest absolute Gasteiger partial charge is 0.479 e. The first-order valence-corrected chi connectivity index (χ1v) is 12.5. The molecule has 8 heteroatoms. The van der Waals surface area contributed by atoms with Gasteiger partial charge >= 0.3 is 12.1 Å². The predicted octanol–water partition coefficient (Wildman–Crippen LogP) is 4.94. The number of hydrogen-bond acceptors (Lipinski definition) is 5. The lowest BCUT2D eigenvalue weighted by molar-refractivity contribution is -0.142. The molecule has 3 unspecified atom stereocenters. The maximum atomic E-state index is 13.0. The van der Waals surface area contributed by atoms with E-state index in [1.54, 1.807) is 17.5 Å². The molecule has 0 saturated heterocycles. The number of carboxylic acid groups (broad SMARTS) is 1. The number of hydrogen-bond donors (Lipinski definition) is 3. The number of alkyl carbamates (subject to hydrolysis) is 1. The Morgan fingerprint density at radius 1 is 0.971 bits per heavy atom. The first-order valence-electron chi connectivity index (χ1n) is 11.6. The van der Waals surface area contributed by atoms with Gasteiger partial charge in [-0.25, -0.2) is 9.59 Å². The Morgan fingerprint density at radius 3 is 2.14 bits per heavy atom. The normalized spacial score (nSPS) is 14.8. The van der Waals surface area contributed by atoms with Gasteiger partial charge in [0.15, 0.2) is 6.04 Å². The molecule has 0 aliphatic heterocycles. The fourth-order valence-corrected chi connectivity index (χ4v) is 5.18. The summed E-state index contributed by atoms with van der Waals surface area (Å²) >= 11 is 1.24. The summed E-state index contributed by atoms with van der Waals surface area (Å²) in [7, 11) is 0. The van der Waals surface area contributed by atoms with Crippen LogP contribution in [0.3, 0.4) is 0 Å². The molecule has 0 radical (unpaired) electrons. The van der Waals surface area contributed by atoms with Gasteiger partial charge in [-0.3, -0.25) is 4.79 Å². The van der Waals surface area contributed by atoms with E-state index >= 15 is 0 Å². The molecule has 4 rings (SSSR count). The lowest BCUT2D eigenvalue weighted by Crippen LogP contribution is -2.52. The summed E-state index contributed by atoms with van der Waals surface area (Å²) in [5.74, 6) is -2.05. The van der Waals surface area contributed by atoms with E-state index in [0.717, 1.165) is 22.3 Å². The first kappa shape index (κ1) is 24.5. The first-order chi connectivity index (χ1) is 16.9. The predicted molar refractivity (Wildman–Crippen MR) is 134 cm³/mol. The summed E-state index contributed by atoms with van der Waals surface area (Å²) in [6.45, 7) is 3.86. The molecule has 3 aromatic rings. The number of thiophene rings is 1. The maximum absolute atomic E-state index is 13.0. The standard InChI is InChI=1S/C27H28N2O5S/c1-3-16(2)23(25(30)28-24(26(31)32)22-13-8-14-35-22)29-27(33)34-15-21-19-11-6-4-9-17(19)18-10-5-7-12-20(18)21/h4-14,16,21,23-24H,3,15H2,1-2H3,(H,28,30)(H,29,33)(H,31,32). The van der Waals surface area contributed by atoms with Gasteiger partial charge in [-0.05, 0) is 39.6 Å². The van der Waals surface area contributed by atoms with Gasteiger partial charge in [0.05, 0.1) is 0 Å². The Morgan fingerprint density at radius 2 is 1.60 bits per heavy atom. The van der Waals surface area contributed by atoms with Crippen molar-refractivity contribution in [1.82, 2.24) is 10.6 Å². The van der Waals surface area contributed by atoms with Crippen LogP contribution in [0.4, 0.5) is 4.79 Å². The van der Waals surface area contributed by atoms with Crippen LogP contribution in [-0.4, -0.2) is 35.7 Å². The van der Waals surface area contributed by atoms with Crippen LogP contribution in [0.5, 0.6) is 0 Å². The highest BCUT2D eigenvalue weighted by molar-refractivity contribution is 7.10. The quantitative estimate of drug-likeness (QED) is 0.392. The Labute approximate surface area is 208 Å². The van der Waals surface area contributed by atoms with Crippen molar-refractivity contribution >= 4 is 29.3 Å². The molecule has 182 valence electrons. The van der Waals surface area contributed by atoms with Gasteiger partial charge < -0.3 is 20.5 Å². The van der Waals surface area contributed by atoms with Gasteiger partial charge in [0.25, 0.3) is 0 Å². The molecule has 3 atom stereocenters. The zero-order valence-electron chi connectivity index (χ0n) is 19.6. The third kappa shape index (κ3) is 5.22. The van der Waals surface area contributed by atoms with Crippen molar-refractivity contribution in [2.75, 3.05) is 6.61 Å². The van der Waals surface area contributed by atoms with E-state index in [1.807, 2.05) is 50.2 Å². The van der Waals surface area contributed by atoms with Gasteiger partial charge in [0.2, 0.25) is 5.91 Å². The fourth-order valence-electron chi connectivity index (χ4n) is 4.41. The number of ether oxygens (including phenoxy) is 1. The van der Waals surface area contributed by atoms with E-state index in [9.17, 15) is 19.5 Å². The highest BCUT2D eigenvalue weighted by Crippen LogP contribution is 2.44. The van der Waals surface area contributed by atoms with E-state index in [1.165, 1.54) is 11.3 Å². The minimum Gasteiger partial charge on any atom is -0.479 e. The smallest absolute Gasteiger partial charge is 0.407 e. The number of amides is 2. The van der Waals surface area contributed by atoms with Crippen LogP contribution in [0.25, 0.3) is 11.1 Å². The average molecular weight is 493 g/mol. The summed E-state index contributed by atoms with van der Waals surface area (Å²) < 4.78 is 5.60. The summed E-state index contributed by atoms with van der Waals surface area (Å²) in [6, 6.07) is 17.4. The molecule has 1 heterocycles. The Kier molecular flexibility index (Phi) is 7.51. The van der Waals surface area contributed by atoms with Crippen LogP contribution in [0, 0.1) is 5.92 Å². The number of nitrogens with one attached hydrogen (secondary N) is 2. The second kappa shape index (κ2) is 10.7. The molecule has 35 heavy (non-hydrogen) atoms. The van der Waals surface area contributed by atoms with Gasteiger partial charge in [-0.2, -0.15) is 0 Å². The minimum atomic E-state index is -1.18. The molecule has 1 aliphatic rings. The second-order valence-electron chi connectivity index (χ2n) is 8.63. The monoisotopic (exact) mass is 492 g/mol. The molecular formula is C27H28N2O5S. The van der Waals surface area contributed by atoms with Crippen molar-refractivity contribution < 1.29 is 24.2 Å². The van der Waals surface area contributed by atoms with Gasteiger partial charge in [0.1, 0.15) is 12.6 Å². The van der Waals surface area contributed by atoms with Crippen LogP contribution in [0.1, 0.15) is 48.2 Å². The lowest BCUT2D eigenvalue weighted by atomic mass is 9.98. The molecule has 0 fully saturated rings. The van der Waals surface area contributed by atoms with Crippen LogP contribution >= 0.6 is 11.3 Å². The van der Waals surface area contributed by atoms with E-state index in [-0.39, 0.29) is 18.4 Å². The van der Waals surface area contributed by atoms with Crippen molar-refractivity contribution in [3.63, 3.8) is 0 Å². The molecule has 1 aromatic heterocycles. The summed E-state index contributed by atoms with van der Waals surface area (Å²) in [5, 5.41) is 16.6. The van der Waals surface area contributed by atoms with Crippen LogP contribution in [0.15, 0.2) is 66.0 Å². The SMILES string of the molecule is CCC(C)C(NC(=O)OCC1c2ccccc2-c2ccccc21)C(=O)NC(C(=O)O)c1cccs1. The molecule has 2 aromatic carbocycles. The van der Waals surface area contributed by atoms with Crippen LogP contribution < -0.4 is 10.6 Å². The third-order valence-electron chi connectivity index (χ3n) is 6.47.